The summed E-state index contributed by atoms with van der Waals surface area (Å²) >= 11 is 4.07. The number of hydrogen-bond donors (Lipinski definition) is 1. The zero-order valence-corrected chi connectivity index (χ0v) is 13.6. The van der Waals surface area contributed by atoms with Gasteiger partial charge in [-0.3, -0.25) is 0 Å². The van der Waals surface area contributed by atoms with Gasteiger partial charge in [0.05, 0.1) is 0 Å². The number of benzene rings is 1. The Labute approximate surface area is 133 Å². The number of rotatable bonds is 5. The third-order valence-electron chi connectivity index (χ3n) is 2.91. The summed E-state index contributed by atoms with van der Waals surface area (Å²) in [4.78, 5) is 4.10. The van der Waals surface area contributed by atoms with Crippen LogP contribution in [0.3, 0.4) is 0 Å². The Morgan fingerprint density at radius 2 is 1.95 bits per heavy atom. The van der Waals surface area contributed by atoms with Crippen molar-refractivity contribution in [2.75, 3.05) is 6.54 Å². The molecule has 1 N–H and O–H groups in total. The second-order valence-electron chi connectivity index (χ2n) is 4.51. The lowest BCUT2D eigenvalue weighted by molar-refractivity contribution is -0.137. The molecule has 0 spiro atoms. The first-order chi connectivity index (χ1) is 9.90. The maximum absolute atomic E-state index is 12.6. The van der Waals surface area contributed by atoms with E-state index in [1.54, 1.807) is 0 Å². The first kappa shape index (κ1) is 16.5. The van der Waals surface area contributed by atoms with E-state index in [0.717, 1.165) is 10.0 Å². The first-order valence-corrected chi connectivity index (χ1v) is 8.02. The van der Waals surface area contributed by atoms with Crippen LogP contribution in [-0.4, -0.2) is 11.5 Å². The Hall–Kier alpha value is -0.920. The van der Waals surface area contributed by atoms with Crippen LogP contribution in [0.2, 0.25) is 0 Å². The molecule has 1 unspecified atom stereocenters. The summed E-state index contributed by atoms with van der Waals surface area (Å²) in [6, 6.07) is 7.60. The standard InChI is InChI=1S/C14H14BrF3N2S/c1-2-19-11(7-9-3-5-10(15)6-4-9)12-8-20-13(21-12)14(16,17)18/h3-6,8,11,19H,2,7H2,1H3. The number of nitrogens with one attached hydrogen (secondary N) is 1. The molecule has 0 saturated heterocycles. The Balaban J connectivity index is 2.18. The molecule has 1 heterocycles. The summed E-state index contributed by atoms with van der Waals surface area (Å²) in [6.45, 7) is 2.61. The molecule has 0 aliphatic rings. The third-order valence-corrected chi connectivity index (χ3v) is 4.60. The van der Waals surface area contributed by atoms with Crippen LogP contribution in [0, 0.1) is 0 Å². The van der Waals surface area contributed by atoms with Crippen molar-refractivity contribution < 1.29 is 13.2 Å². The molecule has 0 saturated carbocycles. The Morgan fingerprint density at radius 1 is 1.29 bits per heavy atom. The summed E-state index contributed by atoms with van der Waals surface area (Å²) in [5.41, 5.74) is 1.06. The largest absolute Gasteiger partial charge is 0.443 e. The van der Waals surface area contributed by atoms with Crippen LogP contribution in [0.15, 0.2) is 34.9 Å². The minimum absolute atomic E-state index is 0.162. The monoisotopic (exact) mass is 378 g/mol. The lowest BCUT2D eigenvalue weighted by Crippen LogP contribution is -2.22. The quantitative estimate of drug-likeness (QED) is 0.806. The number of thiazole rings is 1. The summed E-state index contributed by atoms with van der Waals surface area (Å²) in [5, 5.41) is 2.42. The van der Waals surface area contributed by atoms with Crippen molar-refractivity contribution in [2.45, 2.75) is 25.6 Å². The number of likely N-dealkylation sites (N-methyl/N-ethyl adjacent to an activating group) is 1. The predicted molar refractivity (Wildman–Crippen MR) is 81.4 cm³/mol. The molecule has 2 nitrogen and oxygen atoms in total. The number of halogens is 4. The maximum Gasteiger partial charge on any atom is 0.443 e. The SMILES string of the molecule is CCNC(Cc1ccc(Br)cc1)c1cnc(C(F)(F)F)s1. The molecule has 2 rings (SSSR count). The van der Waals surface area contributed by atoms with E-state index in [1.165, 1.54) is 6.20 Å². The fraction of sp³-hybridized carbons (Fsp3) is 0.357. The Kier molecular flexibility index (Phi) is 5.40. The zero-order chi connectivity index (χ0) is 15.5. The first-order valence-electron chi connectivity index (χ1n) is 6.41. The van der Waals surface area contributed by atoms with E-state index in [9.17, 15) is 13.2 Å². The molecule has 0 fully saturated rings. The third kappa shape index (κ3) is 4.52. The van der Waals surface area contributed by atoms with Crippen molar-refractivity contribution >= 4 is 27.3 Å². The van der Waals surface area contributed by atoms with Gasteiger partial charge in [-0.25, -0.2) is 4.98 Å². The highest BCUT2D eigenvalue weighted by Crippen LogP contribution is 2.35. The Bertz CT molecular complexity index is 581. The van der Waals surface area contributed by atoms with Crippen molar-refractivity contribution in [1.82, 2.24) is 10.3 Å². The molecule has 0 aliphatic carbocycles. The fourth-order valence-electron chi connectivity index (χ4n) is 1.95. The number of hydrogen-bond acceptors (Lipinski definition) is 3. The lowest BCUT2D eigenvalue weighted by Gasteiger charge is -2.16. The molecule has 7 heteroatoms. The molecule has 1 aromatic heterocycles. The average Bonchev–Trinajstić information content (AvgIpc) is 2.90. The minimum Gasteiger partial charge on any atom is -0.309 e. The number of nitrogens with zero attached hydrogens (tertiary/aromatic N) is 1. The second-order valence-corrected chi connectivity index (χ2v) is 6.48. The molecule has 114 valence electrons. The van der Waals surface area contributed by atoms with Crippen LogP contribution in [0.4, 0.5) is 13.2 Å². The van der Waals surface area contributed by atoms with Gasteiger partial charge in [0.2, 0.25) is 0 Å². The molecule has 1 atom stereocenters. The topological polar surface area (TPSA) is 24.9 Å². The van der Waals surface area contributed by atoms with E-state index < -0.39 is 11.2 Å². The summed E-state index contributed by atoms with van der Waals surface area (Å²) in [6.07, 6.45) is -2.43. The highest BCUT2D eigenvalue weighted by molar-refractivity contribution is 9.10. The number of alkyl halides is 3. The van der Waals surface area contributed by atoms with Crippen molar-refractivity contribution in [2.24, 2.45) is 0 Å². The predicted octanol–water partition coefficient (Wildman–Crippen LogP) is 4.82. The molecule has 0 aliphatic heterocycles. The maximum atomic E-state index is 12.6. The van der Waals surface area contributed by atoms with E-state index in [1.807, 2.05) is 31.2 Å². The zero-order valence-electron chi connectivity index (χ0n) is 11.2. The average molecular weight is 379 g/mol. The van der Waals surface area contributed by atoms with Gasteiger partial charge in [-0.2, -0.15) is 13.2 Å². The van der Waals surface area contributed by atoms with E-state index >= 15 is 0 Å². The summed E-state index contributed by atoms with van der Waals surface area (Å²) in [7, 11) is 0. The minimum atomic E-state index is -4.38. The van der Waals surface area contributed by atoms with Gasteiger partial charge < -0.3 is 5.32 Å². The van der Waals surface area contributed by atoms with Gasteiger partial charge >= 0.3 is 6.18 Å². The molecule has 21 heavy (non-hydrogen) atoms. The molecule has 1 aromatic carbocycles. The van der Waals surface area contributed by atoms with Crippen LogP contribution >= 0.6 is 27.3 Å². The van der Waals surface area contributed by atoms with Gasteiger partial charge in [0.1, 0.15) is 0 Å². The van der Waals surface area contributed by atoms with Crippen molar-refractivity contribution in [3.05, 3.63) is 50.4 Å². The van der Waals surface area contributed by atoms with Gasteiger partial charge in [0, 0.05) is 21.6 Å². The molecule has 0 bridgehead atoms. The molecule has 0 amide bonds. The van der Waals surface area contributed by atoms with E-state index in [2.05, 4.69) is 26.2 Å². The van der Waals surface area contributed by atoms with Crippen LogP contribution < -0.4 is 5.32 Å². The smallest absolute Gasteiger partial charge is 0.309 e. The fourth-order valence-corrected chi connectivity index (χ4v) is 3.08. The Morgan fingerprint density at radius 3 is 2.48 bits per heavy atom. The van der Waals surface area contributed by atoms with Gasteiger partial charge in [-0.1, -0.05) is 35.0 Å². The van der Waals surface area contributed by atoms with Crippen LogP contribution in [0.25, 0.3) is 0 Å². The second kappa shape index (κ2) is 6.89. The highest BCUT2D eigenvalue weighted by atomic mass is 79.9. The van der Waals surface area contributed by atoms with Gasteiger partial charge in [-0.15, -0.1) is 11.3 Å². The van der Waals surface area contributed by atoms with Crippen molar-refractivity contribution in [1.29, 1.82) is 0 Å². The number of aromatic nitrogens is 1. The summed E-state index contributed by atoms with van der Waals surface area (Å²) in [5.74, 6) is 0. The summed E-state index contributed by atoms with van der Waals surface area (Å²) < 4.78 is 38.9. The molecular formula is C14H14BrF3N2S. The molecular weight excluding hydrogens is 365 g/mol. The molecule has 2 aromatic rings. The van der Waals surface area contributed by atoms with E-state index in [-0.39, 0.29) is 6.04 Å². The van der Waals surface area contributed by atoms with E-state index in [4.69, 9.17) is 0 Å². The van der Waals surface area contributed by atoms with Crippen molar-refractivity contribution in [3.63, 3.8) is 0 Å². The molecule has 0 radical (unpaired) electrons. The normalized spacial score (nSPS) is 13.4. The van der Waals surface area contributed by atoms with Gasteiger partial charge in [0.15, 0.2) is 5.01 Å². The van der Waals surface area contributed by atoms with Gasteiger partial charge in [-0.05, 0) is 30.7 Å². The highest BCUT2D eigenvalue weighted by Gasteiger charge is 2.35. The lowest BCUT2D eigenvalue weighted by atomic mass is 10.1. The van der Waals surface area contributed by atoms with Crippen LogP contribution in [0.1, 0.15) is 28.4 Å². The van der Waals surface area contributed by atoms with Gasteiger partial charge in [0.25, 0.3) is 0 Å². The van der Waals surface area contributed by atoms with Crippen LogP contribution in [-0.2, 0) is 12.6 Å². The van der Waals surface area contributed by atoms with E-state index in [0.29, 0.717) is 29.2 Å². The van der Waals surface area contributed by atoms with Crippen LogP contribution in [0.5, 0.6) is 0 Å². The van der Waals surface area contributed by atoms with Crippen molar-refractivity contribution in [3.8, 4) is 0 Å².